The van der Waals surface area contributed by atoms with Gasteiger partial charge >= 0.3 is 5.97 Å². The molecule has 0 saturated heterocycles. The van der Waals surface area contributed by atoms with Gasteiger partial charge in [0, 0.05) is 48.0 Å². The van der Waals surface area contributed by atoms with E-state index in [2.05, 4.69) is 115 Å². The second-order valence-electron chi connectivity index (χ2n) is 14.9. The van der Waals surface area contributed by atoms with Crippen LogP contribution in [0.4, 0.5) is 5.69 Å². The van der Waals surface area contributed by atoms with E-state index >= 15 is 0 Å². The average Bonchev–Trinajstić information content (AvgIpc) is 3.81. The molecular weight excluding hydrogens is 987 g/mol. The topological polar surface area (TPSA) is 123 Å². The van der Waals surface area contributed by atoms with Gasteiger partial charge in [0.1, 0.15) is 4.70 Å². The van der Waals surface area contributed by atoms with Crippen LogP contribution in [-0.2, 0) is 23.7 Å². The highest BCUT2D eigenvalue weighted by Crippen LogP contribution is 2.46. The molecule has 1 N–H and O–H groups in total. The Morgan fingerprint density at radius 1 is 0.677 bits per heavy atom. The lowest BCUT2D eigenvalue weighted by Crippen LogP contribution is -2.34. The van der Waals surface area contributed by atoms with Crippen LogP contribution in [0, 0.1) is 0 Å². The summed E-state index contributed by atoms with van der Waals surface area (Å²) in [4.78, 5) is 37.1. The van der Waals surface area contributed by atoms with Gasteiger partial charge in [0.2, 0.25) is 13.1 Å². The van der Waals surface area contributed by atoms with Gasteiger partial charge < -0.3 is 19.9 Å². The number of aliphatic carboxylic acids is 2. The molecule has 17 heteroatoms. The van der Waals surface area contributed by atoms with Gasteiger partial charge in [-0.05, 0) is 56.4 Å². The molecule has 0 atom stereocenters. The number of alkyl halides is 6. The lowest BCUT2D eigenvalue weighted by Gasteiger charge is -2.20. The zero-order chi connectivity index (χ0) is 46.7. The second-order valence-corrected chi connectivity index (χ2v) is 21.6. The number of carbonyl (C=O) groups excluding carboxylic acids is 1. The van der Waals surface area contributed by atoms with E-state index in [-0.39, 0.29) is 30.3 Å². The highest BCUT2D eigenvalue weighted by atomic mass is 35.6. The number of nitrogens with zero attached hydrogens (tertiary/aromatic N) is 5. The molecule has 344 valence electrons. The molecule has 1 aliphatic rings. The van der Waals surface area contributed by atoms with Crippen LogP contribution in [0.25, 0.3) is 27.7 Å². The predicted molar refractivity (Wildman–Crippen MR) is 269 cm³/mol. The van der Waals surface area contributed by atoms with E-state index in [9.17, 15) is 14.7 Å². The molecule has 0 spiro atoms. The number of thioether (sulfide) groups is 1. The van der Waals surface area contributed by atoms with E-state index in [0.717, 1.165) is 70.9 Å². The maximum absolute atomic E-state index is 10.7. The Hall–Kier alpha value is -3.65. The number of aromatic nitrogens is 4. The van der Waals surface area contributed by atoms with Crippen LogP contribution in [0.1, 0.15) is 93.7 Å². The molecule has 0 amide bonds. The fraction of sp³-hybridized carbons (Fsp3) is 0.333. The molecule has 6 rings (SSSR count). The monoisotopic (exact) mass is 1030 g/mol. The Morgan fingerprint density at radius 2 is 1.26 bits per heavy atom. The number of aryl methyl sites for hydroxylation is 1. The highest BCUT2D eigenvalue weighted by Gasteiger charge is 2.34. The maximum Gasteiger partial charge on any atom is 0.303 e. The number of carboxylic acids is 2. The molecule has 0 radical (unpaired) electrons. The normalized spacial score (nSPS) is 13.6. The molecule has 3 heterocycles. The Balaban J connectivity index is 0.000000330. The largest absolute Gasteiger partial charge is 0.550 e. The van der Waals surface area contributed by atoms with Crippen molar-refractivity contribution in [3.63, 3.8) is 0 Å². The van der Waals surface area contributed by atoms with Gasteiger partial charge in [0.15, 0.2) is 24.0 Å². The molecule has 9 nitrogen and oxygen atoms in total. The van der Waals surface area contributed by atoms with Crippen molar-refractivity contribution in [3.05, 3.63) is 137 Å². The summed E-state index contributed by atoms with van der Waals surface area (Å²) in [5.41, 5.74) is 3.20. The van der Waals surface area contributed by atoms with E-state index in [1.807, 2.05) is 18.2 Å². The van der Waals surface area contributed by atoms with Crippen LogP contribution in [0.2, 0.25) is 0 Å². The minimum Gasteiger partial charge on any atom is -0.550 e. The summed E-state index contributed by atoms with van der Waals surface area (Å²) in [6.07, 6.45) is 25.0. The Labute approximate surface area is 418 Å². The lowest BCUT2D eigenvalue weighted by atomic mass is 10.1. The quantitative estimate of drug-likeness (QED) is 0.0331. The van der Waals surface area contributed by atoms with E-state index in [1.165, 1.54) is 30.8 Å². The van der Waals surface area contributed by atoms with Crippen LogP contribution in [0.15, 0.2) is 125 Å². The van der Waals surface area contributed by atoms with E-state index in [4.69, 9.17) is 74.7 Å². The third-order valence-electron chi connectivity index (χ3n) is 9.90. The molecule has 0 unspecified atom stereocenters. The number of benzene rings is 3. The van der Waals surface area contributed by atoms with Gasteiger partial charge in [-0.3, -0.25) is 4.79 Å². The summed E-state index contributed by atoms with van der Waals surface area (Å²) < 4.78 is -0.0287. The average molecular weight is 1040 g/mol. The molecule has 2 aromatic heterocycles. The minimum absolute atomic E-state index is 0.113. The van der Waals surface area contributed by atoms with E-state index in [1.54, 1.807) is 35.2 Å². The van der Waals surface area contributed by atoms with Crippen molar-refractivity contribution < 1.29 is 24.4 Å². The van der Waals surface area contributed by atoms with Crippen molar-refractivity contribution >= 4 is 127 Å². The van der Waals surface area contributed by atoms with Gasteiger partial charge in [0.05, 0.1) is 10.7 Å². The van der Waals surface area contributed by atoms with Crippen LogP contribution < -0.4 is 14.6 Å². The van der Waals surface area contributed by atoms with Gasteiger partial charge in [-0.2, -0.15) is 4.57 Å². The van der Waals surface area contributed by atoms with Crippen LogP contribution in [0.3, 0.4) is 0 Å². The van der Waals surface area contributed by atoms with Crippen molar-refractivity contribution in [1.82, 2.24) is 15.0 Å². The van der Waals surface area contributed by atoms with Crippen LogP contribution in [0.5, 0.6) is 0 Å². The first kappa shape index (κ1) is 52.3. The van der Waals surface area contributed by atoms with Gasteiger partial charge in [-0.1, -0.05) is 210 Å². The zero-order valence-electron chi connectivity index (χ0n) is 35.4. The summed E-state index contributed by atoms with van der Waals surface area (Å²) >= 11 is 38.3. The number of para-hydroxylation sites is 2. The molecule has 0 aliphatic carbocycles. The Bertz CT molecular complexity index is 2420. The summed E-state index contributed by atoms with van der Waals surface area (Å²) in [5.74, 6) is -1.63. The van der Waals surface area contributed by atoms with Crippen molar-refractivity contribution in [2.45, 2.75) is 96.1 Å². The number of anilines is 1. The SMILES string of the molecule is ClC(Cl)(Cl)c1nc(-c2ccccc2)nc(C(Cl)(Cl)Cl)n1.O=C([O-])CCCCCCC[n+]1c(C=CC=CC=CC=C2Sc3ccccc3N2CCCCCCCC(=O)O)sc2ccccc21. The van der Waals surface area contributed by atoms with Crippen molar-refractivity contribution in [3.8, 4) is 11.4 Å². The molecular formula is C48H49Cl6N5O4S2. The number of allylic oxidation sites excluding steroid dienone is 6. The predicted octanol–water partition coefficient (Wildman–Crippen LogP) is 13.5. The van der Waals surface area contributed by atoms with Crippen molar-refractivity contribution in [1.29, 1.82) is 0 Å². The number of carbonyl (C=O) groups is 2. The maximum atomic E-state index is 10.7. The van der Waals surface area contributed by atoms with Crippen molar-refractivity contribution in [2.75, 3.05) is 11.4 Å². The number of thiazole rings is 1. The molecule has 5 aromatic rings. The molecule has 3 aromatic carbocycles. The molecule has 0 saturated carbocycles. The second kappa shape index (κ2) is 26.6. The van der Waals surface area contributed by atoms with Gasteiger partial charge in [0.25, 0.3) is 5.01 Å². The summed E-state index contributed by atoms with van der Waals surface area (Å²) in [7, 11) is 0. The highest BCUT2D eigenvalue weighted by molar-refractivity contribution is 8.03. The summed E-state index contributed by atoms with van der Waals surface area (Å²) in [6, 6.07) is 26.1. The Morgan fingerprint density at radius 3 is 1.95 bits per heavy atom. The number of halogens is 6. The smallest absolute Gasteiger partial charge is 0.303 e. The molecule has 1 aliphatic heterocycles. The third-order valence-corrected chi connectivity index (χ3v) is 13.2. The first-order valence-electron chi connectivity index (χ1n) is 21.3. The van der Waals surface area contributed by atoms with Crippen LogP contribution in [-0.4, -0.2) is 38.5 Å². The summed E-state index contributed by atoms with van der Waals surface area (Å²) in [6.45, 7) is 1.90. The third kappa shape index (κ3) is 17.5. The number of rotatable bonds is 21. The fourth-order valence-electron chi connectivity index (χ4n) is 6.78. The lowest BCUT2D eigenvalue weighted by molar-refractivity contribution is -0.669. The first-order chi connectivity index (χ1) is 31.2. The standard InChI is InChI=1S/C37H44N2O4S2.C11H5Cl6N3/c40-36(41)26-12-6-2-8-18-28-38-30-20-14-16-22-32(30)44-34(38)24-10-4-1-5-11-25-35-39(31-21-15-17-23-33(31)45-35)29-19-9-3-7-13-27-37(42)43;12-10(13,14)8-18-7(6-4-2-1-3-5-6)19-9(20-8)11(15,16)17/h1,4-5,10-11,14-17,20-25H,2-3,6-9,12-13,18-19,26-29H2,(H-,40,41,42,43);1-5H. The first-order valence-corrected chi connectivity index (χ1v) is 25.2. The number of unbranched alkanes of at least 4 members (excludes halogenated alkanes) is 8. The minimum atomic E-state index is -1.85. The van der Waals surface area contributed by atoms with Crippen molar-refractivity contribution in [2.24, 2.45) is 0 Å². The molecule has 0 fully saturated rings. The number of hydrogen-bond acceptors (Lipinski definition) is 9. The van der Waals surface area contributed by atoms with Crippen LogP contribution >= 0.6 is 92.7 Å². The number of carboxylic acid groups (broad SMARTS) is 2. The van der Waals surface area contributed by atoms with E-state index < -0.39 is 19.5 Å². The number of hydrogen-bond donors (Lipinski definition) is 1. The molecule has 65 heavy (non-hydrogen) atoms. The molecule has 0 bridgehead atoms. The van der Waals surface area contributed by atoms with E-state index in [0.29, 0.717) is 12.0 Å². The fourth-order valence-corrected chi connectivity index (χ4v) is 9.48. The summed E-state index contributed by atoms with van der Waals surface area (Å²) in [5, 5.41) is 21.9. The zero-order valence-corrected chi connectivity index (χ0v) is 41.6. The Kier molecular flexibility index (Phi) is 21.4. The van der Waals surface area contributed by atoms with Gasteiger partial charge in [-0.25, -0.2) is 15.0 Å². The van der Waals surface area contributed by atoms with Gasteiger partial charge in [-0.15, -0.1) is 0 Å². The number of fused-ring (bicyclic) bond motifs is 2.